The quantitative estimate of drug-likeness (QED) is 0.624. The number of hydrogen-bond acceptors (Lipinski definition) is 3. The third-order valence-electron chi connectivity index (χ3n) is 2.97. The number of aromatic nitrogens is 1. The molecule has 0 saturated carbocycles. The van der Waals surface area contributed by atoms with E-state index in [1.807, 2.05) is 19.9 Å². The molecule has 104 valence electrons. The predicted octanol–water partition coefficient (Wildman–Crippen LogP) is 4.36. The first kappa shape index (κ1) is 14.8. The zero-order valence-electron chi connectivity index (χ0n) is 11.1. The van der Waals surface area contributed by atoms with Crippen LogP contribution in [0.25, 0.3) is 0 Å². The molecule has 5 heteroatoms. The van der Waals surface area contributed by atoms with E-state index in [0.29, 0.717) is 21.4 Å². The molecule has 0 aliphatic heterocycles. The Bertz CT molecular complexity index is 656. The smallest absolute Gasteiger partial charge is 0.338 e. The van der Waals surface area contributed by atoms with Crippen molar-refractivity contribution in [1.82, 2.24) is 4.98 Å². The molecular weight excluding hydrogens is 297 g/mol. The topological polar surface area (TPSA) is 39.2 Å². The van der Waals surface area contributed by atoms with E-state index >= 15 is 0 Å². The van der Waals surface area contributed by atoms with Crippen LogP contribution in [0.5, 0.6) is 0 Å². The van der Waals surface area contributed by atoms with Crippen LogP contribution >= 0.6 is 23.2 Å². The van der Waals surface area contributed by atoms with Gasteiger partial charge in [0.15, 0.2) is 0 Å². The third-order valence-corrected chi connectivity index (χ3v) is 3.52. The average Bonchev–Trinajstić information content (AvgIpc) is 2.42. The molecule has 0 unspecified atom stereocenters. The molecule has 0 spiro atoms. The van der Waals surface area contributed by atoms with Gasteiger partial charge in [-0.15, -0.1) is 0 Å². The van der Waals surface area contributed by atoms with Crippen LogP contribution in [-0.4, -0.2) is 11.0 Å². The van der Waals surface area contributed by atoms with E-state index in [-0.39, 0.29) is 6.61 Å². The molecule has 3 nitrogen and oxygen atoms in total. The first-order valence-electron chi connectivity index (χ1n) is 6.02. The van der Waals surface area contributed by atoms with Crippen molar-refractivity contribution in [1.29, 1.82) is 0 Å². The molecule has 1 heterocycles. The van der Waals surface area contributed by atoms with Crippen molar-refractivity contribution in [3.05, 3.63) is 62.9 Å². The molecular formula is C15H13Cl2NO2. The summed E-state index contributed by atoms with van der Waals surface area (Å²) >= 11 is 11.7. The predicted molar refractivity (Wildman–Crippen MR) is 79.3 cm³/mol. The Morgan fingerprint density at radius 2 is 1.90 bits per heavy atom. The van der Waals surface area contributed by atoms with Gasteiger partial charge >= 0.3 is 5.97 Å². The zero-order valence-corrected chi connectivity index (χ0v) is 12.6. The maximum atomic E-state index is 12.0. The van der Waals surface area contributed by atoms with Crippen molar-refractivity contribution in [2.45, 2.75) is 20.5 Å². The van der Waals surface area contributed by atoms with Crippen LogP contribution in [0.2, 0.25) is 10.2 Å². The summed E-state index contributed by atoms with van der Waals surface area (Å²) in [5.41, 5.74) is 3.11. The van der Waals surface area contributed by atoms with E-state index in [0.717, 1.165) is 11.1 Å². The highest BCUT2D eigenvalue weighted by Gasteiger charge is 2.11. The van der Waals surface area contributed by atoms with E-state index in [2.05, 4.69) is 4.98 Å². The van der Waals surface area contributed by atoms with Gasteiger partial charge in [-0.05, 0) is 49.2 Å². The van der Waals surface area contributed by atoms with Gasteiger partial charge in [-0.3, -0.25) is 0 Å². The number of pyridine rings is 1. The number of esters is 1. The summed E-state index contributed by atoms with van der Waals surface area (Å²) < 4.78 is 5.20. The highest BCUT2D eigenvalue weighted by atomic mass is 35.5. The van der Waals surface area contributed by atoms with Crippen molar-refractivity contribution in [3.63, 3.8) is 0 Å². The molecule has 0 atom stereocenters. The number of nitrogens with zero attached hydrogens (tertiary/aromatic N) is 1. The lowest BCUT2D eigenvalue weighted by molar-refractivity contribution is 0.0468. The number of ether oxygens (including phenoxy) is 1. The average molecular weight is 310 g/mol. The minimum atomic E-state index is -0.411. The van der Waals surface area contributed by atoms with E-state index < -0.39 is 5.97 Å². The van der Waals surface area contributed by atoms with Gasteiger partial charge < -0.3 is 4.74 Å². The number of benzene rings is 1. The number of aryl methyl sites for hydroxylation is 2. The van der Waals surface area contributed by atoms with E-state index in [9.17, 15) is 4.79 Å². The number of hydrogen-bond donors (Lipinski definition) is 0. The van der Waals surface area contributed by atoms with Crippen LogP contribution in [0.3, 0.4) is 0 Å². The van der Waals surface area contributed by atoms with Gasteiger partial charge in [0.05, 0.1) is 16.3 Å². The van der Waals surface area contributed by atoms with Gasteiger partial charge in [-0.1, -0.05) is 29.3 Å². The minimum absolute atomic E-state index is 0.00878. The number of carbonyl (C=O) groups excluding carboxylic acids is 1. The monoisotopic (exact) mass is 309 g/mol. The Hall–Kier alpha value is -1.58. The highest BCUT2D eigenvalue weighted by Crippen LogP contribution is 2.18. The van der Waals surface area contributed by atoms with Crippen LogP contribution in [0.15, 0.2) is 30.3 Å². The van der Waals surface area contributed by atoms with Gasteiger partial charge in [0.2, 0.25) is 0 Å². The van der Waals surface area contributed by atoms with E-state index in [4.69, 9.17) is 27.9 Å². The fraction of sp³-hybridized carbons (Fsp3) is 0.200. The second-order valence-corrected chi connectivity index (χ2v) is 5.23. The Labute approximate surface area is 127 Å². The van der Waals surface area contributed by atoms with Gasteiger partial charge in [0.25, 0.3) is 0 Å². The van der Waals surface area contributed by atoms with Gasteiger partial charge in [0, 0.05) is 0 Å². The molecule has 0 fully saturated rings. The van der Waals surface area contributed by atoms with Crippen LogP contribution in [-0.2, 0) is 11.3 Å². The minimum Gasteiger partial charge on any atom is -0.456 e. The summed E-state index contributed by atoms with van der Waals surface area (Å²) in [6.07, 6.45) is 0. The molecule has 0 amide bonds. The van der Waals surface area contributed by atoms with Crippen LogP contribution in [0.1, 0.15) is 27.2 Å². The summed E-state index contributed by atoms with van der Waals surface area (Å²) in [6.45, 7) is 3.92. The van der Waals surface area contributed by atoms with Gasteiger partial charge in [-0.25, -0.2) is 9.78 Å². The van der Waals surface area contributed by atoms with Gasteiger partial charge in [0.1, 0.15) is 11.8 Å². The number of halogens is 2. The van der Waals surface area contributed by atoms with Crippen molar-refractivity contribution < 1.29 is 9.53 Å². The first-order valence-corrected chi connectivity index (χ1v) is 6.78. The van der Waals surface area contributed by atoms with Crippen molar-refractivity contribution >= 4 is 29.2 Å². The molecule has 0 bridgehead atoms. The first-order chi connectivity index (χ1) is 9.47. The Kier molecular flexibility index (Phi) is 4.63. The lowest BCUT2D eigenvalue weighted by Gasteiger charge is -2.07. The number of carbonyl (C=O) groups is 1. The van der Waals surface area contributed by atoms with Crippen LogP contribution in [0, 0.1) is 13.8 Å². The molecule has 0 radical (unpaired) electrons. The summed E-state index contributed by atoms with van der Waals surface area (Å²) in [5.74, 6) is -0.411. The Balaban J connectivity index is 2.08. The third kappa shape index (κ3) is 3.50. The van der Waals surface area contributed by atoms with Crippen molar-refractivity contribution in [3.8, 4) is 0 Å². The summed E-state index contributed by atoms with van der Waals surface area (Å²) in [4.78, 5) is 16.0. The SMILES string of the molecule is Cc1ccc(C(=O)OCc2nc(Cl)ccc2Cl)cc1C. The van der Waals surface area contributed by atoms with Crippen LogP contribution < -0.4 is 0 Å². The summed E-state index contributed by atoms with van der Waals surface area (Å²) in [7, 11) is 0. The molecule has 2 rings (SSSR count). The lowest BCUT2D eigenvalue weighted by atomic mass is 10.1. The van der Waals surface area contributed by atoms with Crippen molar-refractivity contribution in [2.75, 3.05) is 0 Å². The highest BCUT2D eigenvalue weighted by molar-refractivity contribution is 6.32. The summed E-state index contributed by atoms with van der Waals surface area (Å²) in [5, 5.41) is 0.730. The second-order valence-electron chi connectivity index (χ2n) is 4.44. The normalized spacial score (nSPS) is 10.4. The van der Waals surface area contributed by atoms with Crippen LogP contribution in [0.4, 0.5) is 0 Å². The maximum absolute atomic E-state index is 12.0. The van der Waals surface area contributed by atoms with E-state index in [1.165, 1.54) is 0 Å². The number of rotatable bonds is 3. The largest absolute Gasteiger partial charge is 0.456 e. The Morgan fingerprint density at radius 1 is 1.15 bits per heavy atom. The standard InChI is InChI=1S/C15H13Cl2NO2/c1-9-3-4-11(7-10(9)2)15(19)20-8-13-12(16)5-6-14(17)18-13/h3-7H,8H2,1-2H3. The fourth-order valence-electron chi connectivity index (χ4n) is 1.64. The molecule has 0 aliphatic rings. The second kappa shape index (κ2) is 6.25. The zero-order chi connectivity index (χ0) is 14.7. The fourth-order valence-corrected chi connectivity index (χ4v) is 1.97. The molecule has 0 N–H and O–H groups in total. The van der Waals surface area contributed by atoms with Crippen molar-refractivity contribution in [2.24, 2.45) is 0 Å². The molecule has 1 aromatic heterocycles. The van der Waals surface area contributed by atoms with E-state index in [1.54, 1.807) is 24.3 Å². The molecule has 20 heavy (non-hydrogen) atoms. The van der Waals surface area contributed by atoms with Gasteiger partial charge in [-0.2, -0.15) is 0 Å². The molecule has 2 aromatic rings. The summed E-state index contributed by atoms with van der Waals surface area (Å²) in [6, 6.07) is 8.62. The molecule has 0 saturated heterocycles. The molecule has 0 aliphatic carbocycles. The maximum Gasteiger partial charge on any atom is 0.338 e. The Morgan fingerprint density at radius 3 is 2.60 bits per heavy atom. The molecule has 1 aromatic carbocycles. The lowest BCUT2D eigenvalue weighted by Crippen LogP contribution is -2.07.